The summed E-state index contributed by atoms with van der Waals surface area (Å²) in [5, 5.41) is 8.45. The fourth-order valence-electron chi connectivity index (χ4n) is 1.10. The maximum absolute atomic E-state index is 12.3. The second-order valence-electron chi connectivity index (χ2n) is 3.18. The maximum atomic E-state index is 12.3. The summed E-state index contributed by atoms with van der Waals surface area (Å²) >= 11 is 6.03. The molecular formula is C8H11ClF3N3OS. The van der Waals surface area contributed by atoms with Gasteiger partial charge in [0.1, 0.15) is 0 Å². The molecule has 0 aliphatic heterocycles. The summed E-state index contributed by atoms with van der Waals surface area (Å²) in [4.78, 5) is 0. The van der Waals surface area contributed by atoms with Gasteiger partial charge in [-0.2, -0.15) is 13.2 Å². The van der Waals surface area contributed by atoms with Crippen LogP contribution in [0.1, 0.15) is 11.4 Å². The van der Waals surface area contributed by atoms with E-state index in [0.29, 0.717) is 30.2 Å². The Kier molecular flexibility index (Phi) is 5.41. The van der Waals surface area contributed by atoms with Gasteiger partial charge in [-0.05, 0) is 6.42 Å². The van der Waals surface area contributed by atoms with E-state index < -0.39 is 11.2 Å². The molecule has 0 fully saturated rings. The molecule has 98 valence electrons. The van der Waals surface area contributed by atoms with Crippen LogP contribution in [0.15, 0.2) is 0 Å². The molecular weight excluding hydrogens is 279 g/mol. The molecule has 1 aromatic rings. The van der Waals surface area contributed by atoms with Gasteiger partial charge in [0.25, 0.3) is 0 Å². The first kappa shape index (κ1) is 14.5. The molecule has 4 nitrogen and oxygen atoms in total. The smallest absolute Gasteiger partial charge is 0.383 e. The van der Waals surface area contributed by atoms with E-state index >= 15 is 0 Å². The van der Waals surface area contributed by atoms with Gasteiger partial charge in [0.05, 0.1) is 12.6 Å². The lowest BCUT2D eigenvalue weighted by Gasteiger charge is -2.15. The average molecular weight is 290 g/mol. The topological polar surface area (TPSA) is 47.0 Å². The molecule has 1 atom stereocenters. The molecule has 0 saturated heterocycles. The highest BCUT2D eigenvalue weighted by Gasteiger charge is 2.35. The minimum atomic E-state index is -4.46. The second kappa shape index (κ2) is 6.36. The highest BCUT2D eigenvalue weighted by Crippen LogP contribution is 2.33. The molecule has 9 heteroatoms. The molecule has 1 N–H and O–H groups in total. The molecule has 0 aliphatic rings. The highest BCUT2D eigenvalue weighted by molar-refractivity contribution is 7.15. The van der Waals surface area contributed by atoms with Crippen LogP contribution in [0.3, 0.4) is 0 Å². The number of nitrogens with zero attached hydrogens (tertiary/aromatic N) is 2. The first-order chi connectivity index (χ1) is 7.97. The zero-order chi connectivity index (χ0) is 12.9. The lowest BCUT2D eigenvalue weighted by Crippen LogP contribution is -2.25. The largest absolute Gasteiger partial charge is 0.445 e. The molecule has 1 rings (SSSR count). The molecule has 1 aromatic heterocycles. The van der Waals surface area contributed by atoms with E-state index in [2.05, 4.69) is 15.5 Å². The van der Waals surface area contributed by atoms with Gasteiger partial charge >= 0.3 is 6.18 Å². The number of nitrogens with one attached hydrogen (secondary N) is 1. The van der Waals surface area contributed by atoms with Crippen LogP contribution in [-0.4, -0.2) is 35.8 Å². The number of halogens is 4. The number of hydrogen-bond acceptors (Lipinski definition) is 5. The van der Waals surface area contributed by atoms with Crippen molar-refractivity contribution in [2.45, 2.75) is 18.6 Å². The fourth-order valence-corrected chi connectivity index (χ4v) is 2.05. The number of hydrogen-bond donors (Lipinski definition) is 1. The van der Waals surface area contributed by atoms with Crippen molar-refractivity contribution in [3.05, 3.63) is 5.01 Å². The average Bonchev–Trinajstić information content (AvgIpc) is 2.66. The summed E-state index contributed by atoms with van der Waals surface area (Å²) in [7, 11) is 1.50. The van der Waals surface area contributed by atoms with Crippen molar-refractivity contribution < 1.29 is 17.9 Å². The van der Waals surface area contributed by atoms with E-state index in [1.54, 1.807) is 0 Å². The Labute approximate surface area is 105 Å². The van der Waals surface area contributed by atoms with Gasteiger partial charge in [-0.3, -0.25) is 0 Å². The van der Waals surface area contributed by atoms with Gasteiger partial charge in [0, 0.05) is 13.0 Å². The van der Waals surface area contributed by atoms with Crippen LogP contribution in [0.25, 0.3) is 0 Å². The van der Waals surface area contributed by atoms with Gasteiger partial charge in [-0.25, -0.2) is 0 Å². The summed E-state index contributed by atoms with van der Waals surface area (Å²) in [6.07, 6.45) is -3.89. The molecule has 1 heterocycles. The van der Waals surface area contributed by atoms with E-state index in [1.807, 2.05) is 0 Å². The zero-order valence-electron chi connectivity index (χ0n) is 8.92. The summed E-state index contributed by atoms with van der Waals surface area (Å²) in [6.45, 7) is 0.341. The van der Waals surface area contributed by atoms with Crippen molar-refractivity contribution in [3.63, 3.8) is 0 Å². The van der Waals surface area contributed by atoms with E-state index in [9.17, 15) is 13.2 Å². The van der Waals surface area contributed by atoms with Crippen molar-refractivity contribution >= 4 is 28.1 Å². The van der Waals surface area contributed by atoms with Crippen LogP contribution in [0, 0.1) is 0 Å². The third-order valence-electron chi connectivity index (χ3n) is 1.82. The summed E-state index contributed by atoms with van der Waals surface area (Å²) < 4.78 is 41.7. The molecule has 0 radical (unpaired) electrons. The van der Waals surface area contributed by atoms with Crippen molar-refractivity contribution in [1.29, 1.82) is 0 Å². The predicted molar refractivity (Wildman–Crippen MR) is 59.5 cm³/mol. The number of rotatable bonds is 6. The Balaban J connectivity index is 2.63. The monoisotopic (exact) mass is 289 g/mol. The first-order valence-electron chi connectivity index (χ1n) is 4.69. The summed E-state index contributed by atoms with van der Waals surface area (Å²) in [6, 6.07) is -0.175. The Hall–Kier alpha value is -0.600. The number of ether oxygens (including phenoxy) is 1. The molecule has 17 heavy (non-hydrogen) atoms. The molecule has 0 bridgehead atoms. The zero-order valence-corrected chi connectivity index (χ0v) is 10.5. The van der Waals surface area contributed by atoms with Crippen LogP contribution in [0.5, 0.6) is 0 Å². The lowest BCUT2D eigenvalue weighted by atomic mass is 10.2. The van der Waals surface area contributed by atoms with Gasteiger partial charge < -0.3 is 10.1 Å². The summed E-state index contributed by atoms with van der Waals surface area (Å²) in [5.41, 5.74) is 0. The van der Waals surface area contributed by atoms with Crippen LogP contribution in [0.4, 0.5) is 18.3 Å². The predicted octanol–water partition coefficient (Wildman–Crippen LogP) is 2.61. The first-order valence-corrected chi connectivity index (χ1v) is 6.04. The molecule has 0 amide bonds. The number of anilines is 1. The van der Waals surface area contributed by atoms with Gasteiger partial charge in [-0.1, -0.05) is 11.3 Å². The fraction of sp³-hybridized carbons (Fsp3) is 0.750. The van der Waals surface area contributed by atoms with Gasteiger partial charge in [-0.15, -0.1) is 21.8 Å². The Morgan fingerprint density at radius 1 is 1.47 bits per heavy atom. The third-order valence-corrected chi connectivity index (χ3v) is 2.94. The maximum Gasteiger partial charge on any atom is 0.445 e. The lowest BCUT2D eigenvalue weighted by molar-refractivity contribution is -0.138. The Morgan fingerprint density at radius 2 is 2.18 bits per heavy atom. The van der Waals surface area contributed by atoms with Crippen LogP contribution >= 0.6 is 22.9 Å². The summed E-state index contributed by atoms with van der Waals surface area (Å²) in [5.74, 6) is 0.381. The standard InChI is InChI=1S/C8H11ClF3N3OS/c1-16-4-5(2-3-9)13-7-15-14-6(17-7)8(10,11)12/h5H,2-4H2,1H3,(H,13,15). The van der Waals surface area contributed by atoms with Crippen LogP contribution < -0.4 is 5.32 Å². The minimum Gasteiger partial charge on any atom is -0.383 e. The van der Waals surface area contributed by atoms with Gasteiger partial charge in [0.15, 0.2) is 0 Å². The minimum absolute atomic E-state index is 0.115. The normalized spacial score (nSPS) is 13.7. The van der Waals surface area contributed by atoms with Crippen molar-refractivity contribution in [2.75, 3.05) is 24.9 Å². The van der Waals surface area contributed by atoms with E-state index in [4.69, 9.17) is 16.3 Å². The van der Waals surface area contributed by atoms with Crippen LogP contribution in [-0.2, 0) is 10.9 Å². The number of alkyl halides is 4. The van der Waals surface area contributed by atoms with Crippen molar-refractivity contribution in [2.24, 2.45) is 0 Å². The Morgan fingerprint density at radius 3 is 2.65 bits per heavy atom. The molecule has 0 aliphatic carbocycles. The molecule has 0 aromatic carbocycles. The highest BCUT2D eigenvalue weighted by atomic mass is 35.5. The SMILES string of the molecule is COCC(CCCl)Nc1nnc(C(F)(F)F)s1. The quantitative estimate of drug-likeness (QED) is 0.818. The van der Waals surface area contributed by atoms with Crippen molar-refractivity contribution in [1.82, 2.24) is 10.2 Å². The van der Waals surface area contributed by atoms with Gasteiger partial charge in [0.2, 0.25) is 10.1 Å². The Bertz CT molecular complexity index is 341. The second-order valence-corrected chi connectivity index (χ2v) is 4.54. The third kappa shape index (κ3) is 4.64. The van der Waals surface area contributed by atoms with E-state index in [1.165, 1.54) is 7.11 Å². The van der Waals surface area contributed by atoms with Crippen molar-refractivity contribution in [3.8, 4) is 0 Å². The number of methoxy groups -OCH3 is 1. The van der Waals surface area contributed by atoms with E-state index in [0.717, 1.165) is 0 Å². The van der Waals surface area contributed by atoms with Crippen LogP contribution in [0.2, 0.25) is 0 Å². The molecule has 0 saturated carbocycles. The van der Waals surface area contributed by atoms with E-state index in [-0.39, 0.29) is 11.2 Å². The number of aromatic nitrogens is 2. The molecule has 1 unspecified atom stereocenters. The molecule has 0 spiro atoms.